The molecule has 2 aliphatic heterocycles. The first-order valence-corrected chi connectivity index (χ1v) is 10.8. The molecule has 0 spiro atoms. The van der Waals surface area contributed by atoms with E-state index in [0.29, 0.717) is 18.5 Å². The number of amides is 1. The Labute approximate surface area is 167 Å². The number of carbonyl (C=O) groups excluding carboxylic acids is 1. The Kier molecular flexibility index (Phi) is 5.41. The van der Waals surface area contributed by atoms with E-state index >= 15 is 0 Å². The molecule has 2 saturated heterocycles. The van der Waals surface area contributed by atoms with Crippen LogP contribution >= 0.6 is 0 Å². The van der Waals surface area contributed by atoms with Gasteiger partial charge in [-0.1, -0.05) is 0 Å². The molecular weight excluding hydrogens is 350 g/mol. The monoisotopic (exact) mass is 383 g/mol. The number of aromatic nitrogens is 3. The van der Waals surface area contributed by atoms with Crippen molar-refractivity contribution in [2.75, 3.05) is 19.6 Å². The third-order valence-electron chi connectivity index (χ3n) is 6.53. The van der Waals surface area contributed by atoms with E-state index in [1.807, 2.05) is 9.42 Å². The van der Waals surface area contributed by atoms with Crippen molar-refractivity contribution in [1.82, 2.24) is 24.4 Å². The Morgan fingerprint density at radius 3 is 2.64 bits per heavy atom. The van der Waals surface area contributed by atoms with Gasteiger partial charge in [-0.05, 0) is 71.9 Å². The lowest BCUT2D eigenvalue weighted by atomic mass is 10.1. The highest BCUT2D eigenvalue weighted by Gasteiger charge is 2.30. The van der Waals surface area contributed by atoms with E-state index < -0.39 is 0 Å². The summed E-state index contributed by atoms with van der Waals surface area (Å²) in [6.07, 6.45) is 5.98. The lowest BCUT2D eigenvalue weighted by Crippen LogP contribution is -2.30. The maximum Gasteiger partial charge on any atom is 0.222 e. The normalized spacial score (nSPS) is 20.8. The van der Waals surface area contributed by atoms with Gasteiger partial charge in [0.05, 0.1) is 11.7 Å². The minimum Gasteiger partial charge on any atom is -0.343 e. The van der Waals surface area contributed by atoms with Crippen LogP contribution in [0.5, 0.6) is 0 Å². The van der Waals surface area contributed by atoms with E-state index in [1.165, 1.54) is 12.0 Å². The first kappa shape index (κ1) is 19.4. The van der Waals surface area contributed by atoms with Gasteiger partial charge in [-0.15, -0.1) is 0 Å². The first-order chi connectivity index (χ1) is 13.5. The van der Waals surface area contributed by atoms with Crippen molar-refractivity contribution in [3.63, 3.8) is 0 Å². The van der Waals surface area contributed by atoms with Crippen LogP contribution in [-0.2, 0) is 11.2 Å². The van der Waals surface area contributed by atoms with E-state index in [4.69, 9.17) is 10.1 Å². The first-order valence-electron chi connectivity index (χ1n) is 10.8. The van der Waals surface area contributed by atoms with Crippen LogP contribution in [0, 0.1) is 13.8 Å². The third-order valence-corrected chi connectivity index (χ3v) is 6.53. The SMILES string of the molecule is Cc1nc2cc([C@@H]3CCCN3C(C)C)nn2c(C)c1CCC(=O)N1CCCC1. The average Bonchev–Trinajstić information content (AvgIpc) is 3.40. The molecule has 6 heteroatoms. The molecule has 1 atom stereocenters. The molecule has 0 radical (unpaired) electrons. The number of hydrogen-bond acceptors (Lipinski definition) is 4. The van der Waals surface area contributed by atoms with Gasteiger partial charge < -0.3 is 4.90 Å². The molecule has 0 unspecified atom stereocenters. The van der Waals surface area contributed by atoms with Crippen LogP contribution in [0.25, 0.3) is 5.65 Å². The molecule has 0 bridgehead atoms. The lowest BCUT2D eigenvalue weighted by Gasteiger charge is -2.26. The Bertz CT molecular complexity index is 865. The number of aryl methyl sites for hydroxylation is 2. The number of carbonyl (C=O) groups is 1. The quantitative estimate of drug-likeness (QED) is 0.794. The largest absolute Gasteiger partial charge is 0.343 e. The van der Waals surface area contributed by atoms with Crippen molar-refractivity contribution in [3.8, 4) is 0 Å². The summed E-state index contributed by atoms with van der Waals surface area (Å²) in [4.78, 5) is 21.8. The fourth-order valence-corrected chi connectivity index (χ4v) is 4.95. The molecule has 0 aliphatic carbocycles. The van der Waals surface area contributed by atoms with Crippen molar-refractivity contribution in [3.05, 3.63) is 28.7 Å². The smallest absolute Gasteiger partial charge is 0.222 e. The van der Waals surface area contributed by atoms with Gasteiger partial charge in [0, 0.05) is 43.0 Å². The second-order valence-electron chi connectivity index (χ2n) is 8.68. The van der Waals surface area contributed by atoms with Gasteiger partial charge in [-0.3, -0.25) is 9.69 Å². The molecule has 2 aromatic heterocycles. The third kappa shape index (κ3) is 3.54. The van der Waals surface area contributed by atoms with Gasteiger partial charge in [0.25, 0.3) is 0 Å². The summed E-state index contributed by atoms with van der Waals surface area (Å²) >= 11 is 0. The Balaban J connectivity index is 1.58. The van der Waals surface area contributed by atoms with Gasteiger partial charge in [0.15, 0.2) is 5.65 Å². The molecule has 0 N–H and O–H groups in total. The van der Waals surface area contributed by atoms with Crippen LogP contribution in [0.15, 0.2) is 6.07 Å². The predicted octanol–water partition coefficient (Wildman–Crippen LogP) is 3.45. The van der Waals surface area contributed by atoms with Crippen LogP contribution in [0.4, 0.5) is 0 Å². The van der Waals surface area contributed by atoms with Crippen molar-refractivity contribution < 1.29 is 4.79 Å². The van der Waals surface area contributed by atoms with Crippen LogP contribution in [0.2, 0.25) is 0 Å². The molecule has 6 nitrogen and oxygen atoms in total. The second-order valence-corrected chi connectivity index (χ2v) is 8.68. The molecule has 0 saturated carbocycles. The maximum atomic E-state index is 12.5. The Hall–Kier alpha value is -1.95. The topological polar surface area (TPSA) is 53.7 Å². The Morgan fingerprint density at radius 2 is 1.93 bits per heavy atom. The zero-order chi connectivity index (χ0) is 19.8. The molecular formula is C22H33N5O. The highest BCUT2D eigenvalue weighted by Crippen LogP contribution is 2.33. The fraction of sp³-hybridized carbons (Fsp3) is 0.682. The Morgan fingerprint density at radius 1 is 1.18 bits per heavy atom. The van der Waals surface area contributed by atoms with Crippen molar-refractivity contribution in [1.29, 1.82) is 0 Å². The van der Waals surface area contributed by atoms with E-state index in [0.717, 1.165) is 68.0 Å². The van der Waals surface area contributed by atoms with Gasteiger partial charge in [-0.2, -0.15) is 5.10 Å². The molecule has 28 heavy (non-hydrogen) atoms. The number of likely N-dealkylation sites (tertiary alicyclic amines) is 2. The van der Waals surface area contributed by atoms with Crippen LogP contribution in [0.3, 0.4) is 0 Å². The number of fused-ring (bicyclic) bond motifs is 1. The van der Waals surface area contributed by atoms with Gasteiger partial charge in [-0.25, -0.2) is 9.50 Å². The molecule has 152 valence electrons. The standard InChI is InChI=1S/C22H33N5O/c1-15(2)26-13-7-8-20(26)19-14-21-23-16(3)18(17(4)27(21)24-19)9-10-22(28)25-11-5-6-12-25/h14-15,20H,5-13H2,1-4H3/t20-/m0/s1. The summed E-state index contributed by atoms with van der Waals surface area (Å²) in [5.41, 5.74) is 5.37. The van der Waals surface area contributed by atoms with E-state index in [9.17, 15) is 4.79 Å². The number of nitrogens with zero attached hydrogens (tertiary/aromatic N) is 5. The van der Waals surface area contributed by atoms with Crippen LogP contribution in [-0.4, -0.2) is 56.0 Å². The van der Waals surface area contributed by atoms with Crippen LogP contribution in [0.1, 0.15) is 74.6 Å². The highest BCUT2D eigenvalue weighted by molar-refractivity contribution is 5.76. The molecule has 0 aromatic carbocycles. The fourth-order valence-electron chi connectivity index (χ4n) is 4.95. The average molecular weight is 384 g/mol. The molecule has 2 fully saturated rings. The maximum absolute atomic E-state index is 12.5. The molecule has 2 aromatic rings. The van der Waals surface area contributed by atoms with Gasteiger partial charge in [0.1, 0.15) is 0 Å². The number of hydrogen-bond donors (Lipinski definition) is 0. The second kappa shape index (κ2) is 7.82. The summed E-state index contributed by atoms with van der Waals surface area (Å²) in [5, 5.41) is 4.95. The summed E-state index contributed by atoms with van der Waals surface area (Å²) in [5.74, 6) is 0.274. The molecule has 4 heterocycles. The van der Waals surface area contributed by atoms with Crippen molar-refractivity contribution >= 4 is 11.6 Å². The zero-order valence-electron chi connectivity index (χ0n) is 17.7. The van der Waals surface area contributed by atoms with Gasteiger partial charge in [0.2, 0.25) is 5.91 Å². The van der Waals surface area contributed by atoms with E-state index in [2.05, 4.69) is 38.7 Å². The molecule has 4 rings (SSSR count). The minimum absolute atomic E-state index is 0.274. The summed E-state index contributed by atoms with van der Waals surface area (Å²) in [6, 6.07) is 3.08. The van der Waals surface area contributed by atoms with Gasteiger partial charge >= 0.3 is 0 Å². The molecule has 1 amide bonds. The van der Waals surface area contributed by atoms with Crippen LogP contribution < -0.4 is 0 Å². The minimum atomic E-state index is 0.274. The lowest BCUT2D eigenvalue weighted by molar-refractivity contribution is -0.130. The molecule has 2 aliphatic rings. The summed E-state index contributed by atoms with van der Waals surface area (Å²) < 4.78 is 1.99. The summed E-state index contributed by atoms with van der Waals surface area (Å²) in [6.45, 7) is 11.7. The zero-order valence-corrected chi connectivity index (χ0v) is 17.7. The number of rotatable bonds is 5. The van der Waals surface area contributed by atoms with E-state index in [-0.39, 0.29) is 5.91 Å². The predicted molar refractivity (Wildman–Crippen MR) is 110 cm³/mol. The highest BCUT2D eigenvalue weighted by atomic mass is 16.2. The van der Waals surface area contributed by atoms with Crippen molar-refractivity contribution in [2.45, 2.75) is 78.3 Å². The van der Waals surface area contributed by atoms with Crippen molar-refractivity contribution in [2.24, 2.45) is 0 Å². The van der Waals surface area contributed by atoms with E-state index in [1.54, 1.807) is 0 Å². The summed E-state index contributed by atoms with van der Waals surface area (Å²) in [7, 11) is 0.